The molecule has 44 valence electrons. The topological polar surface area (TPSA) is 17.8 Å². The first-order valence-electron chi connectivity index (χ1n) is 2.80. The summed E-state index contributed by atoms with van der Waals surface area (Å²) in [6, 6.07) is 0. The summed E-state index contributed by atoms with van der Waals surface area (Å²) in [4.78, 5) is 0. The van der Waals surface area contributed by atoms with E-state index in [1.807, 2.05) is 24.1 Å². The van der Waals surface area contributed by atoms with Gasteiger partial charge in [-0.1, -0.05) is 6.92 Å². The first-order chi connectivity index (χ1) is 3.83. The Morgan fingerprint density at radius 3 is 2.75 bits per heavy atom. The summed E-state index contributed by atoms with van der Waals surface area (Å²) in [5, 5.41) is 4.00. The van der Waals surface area contributed by atoms with Crippen LogP contribution in [0.15, 0.2) is 12.4 Å². The molecule has 0 unspecified atom stereocenters. The SMILES string of the molecule is CCc1cnn(C)c1. The highest BCUT2D eigenvalue weighted by Gasteiger charge is 1.87. The lowest BCUT2D eigenvalue weighted by Gasteiger charge is -1.81. The molecule has 0 atom stereocenters. The molecule has 0 saturated heterocycles. The third-order valence-electron chi connectivity index (χ3n) is 1.17. The fourth-order valence-electron chi connectivity index (χ4n) is 0.654. The fraction of sp³-hybridized carbons (Fsp3) is 0.500. The van der Waals surface area contributed by atoms with Gasteiger partial charge in [-0.15, -0.1) is 0 Å². The van der Waals surface area contributed by atoms with E-state index in [9.17, 15) is 0 Å². The summed E-state index contributed by atoms with van der Waals surface area (Å²) in [7, 11) is 1.93. The van der Waals surface area contributed by atoms with Gasteiger partial charge in [0.05, 0.1) is 6.20 Å². The number of rotatable bonds is 1. The van der Waals surface area contributed by atoms with Gasteiger partial charge in [-0.3, -0.25) is 4.68 Å². The molecule has 0 aliphatic rings. The van der Waals surface area contributed by atoms with Crippen LogP contribution in [0.4, 0.5) is 0 Å². The van der Waals surface area contributed by atoms with Crippen molar-refractivity contribution in [2.24, 2.45) is 7.05 Å². The third-order valence-corrected chi connectivity index (χ3v) is 1.17. The standard InChI is InChI=1S/C6H10N2/c1-3-6-4-7-8(2)5-6/h4-5H,3H2,1-2H3. The largest absolute Gasteiger partial charge is 0.276 e. The number of hydrogen-bond acceptors (Lipinski definition) is 1. The monoisotopic (exact) mass is 110 g/mol. The van der Waals surface area contributed by atoms with Gasteiger partial charge >= 0.3 is 0 Å². The molecule has 0 spiro atoms. The summed E-state index contributed by atoms with van der Waals surface area (Å²) >= 11 is 0. The highest BCUT2D eigenvalue weighted by molar-refractivity contribution is 5.02. The predicted molar refractivity (Wildman–Crippen MR) is 32.6 cm³/mol. The molecule has 1 aromatic rings. The molecule has 2 nitrogen and oxygen atoms in total. The van der Waals surface area contributed by atoms with Crippen LogP contribution in [-0.2, 0) is 13.5 Å². The molecule has 1 heterocycles. The summed E-state index contributed by atoms with van der Waals surface area (Å²) in [5.41, 5.74) is 1.30. The van der Waals surface area contributed by atoms with Gasteiger partial charge in [0.2, 0.25) is 0 Å². The average Bonchev–Trinajstić information content (AvgIpc) is 2.14. The minimum absolute atomic E-state index is 1.08. The Bertz CT molecular complexity index is 167. The number of aromatic nitrogens is 2. The van der Waals surface area contributed by atoms with Crippen LogP contribution in [0.1, 0.15) is 12.5 Å². The first kappa shape index (κ1) is 5.35. The van der Waals surface area contributed by atoms with E-state index in [0.29, 0.717) is 0 Å². The van der Waals surface area contributed by atoms with Crippen molar-refractivity contribution in [1.82, 2.24) is 9.78 Å². The van der Waals surface area contributed by atoms with Gasteiger partial charge in [0.15, 0.2) is 0 Å². The highest BCUT2D eigenvalue weighted by Crippen LogP contribution is 1.94. The van der Waals surface area contributed by atoms with Crippen LogP contribution in [0, 0.1) is 0 Å². The molecule has 0 aliphatic carbocycles. The average molecular weight is 110 g/mol. The second kappa shape index (κ2) is 1.99. The van der Waals surface area contributed by atoms with Gasteiger partial charge in [-0.25, -0.2) is 0 Å². The first-order valence-corrected chi connectivity index (χ1v) is 2.80. The van der Waals surface area contributed by atoms with Crippen LogP contribution in [0.2, 0.25) is 0 Å². The zero-order valence-corrected chi connectivity index (χ0v) is 5.26. The van der Waals surface area contributed by atoms with E-state index < -0.39 is 0 Å². The van der Waals surface area contributed by atoms with Gasteiger partial charge in [0.1, 0.15) is 0 Å². The lowest BCUT2D eigenvalue weighted by molar-refractivity contribution is 0.767. The molecule has 1 rings (SSSR count). The van der Waals surface area contributed by atoms with Crippen molar-refractivity contribution in [2.75, 3.05) is 0 Å². The Morgan fingerprint density at radius 2 is 2.50 bits per heavy atom. The van der Waals surface area contributed by atoms with Gasteiger partial charge < -0.3 is 0 Å². The molecule has 0 aliphatic heterocycles. The van der Waals surface area contributed by atoms with E-state index in [0.717, 1.165) is 6.42 Å². The van der Waals surface area contributed by atoms with E-state index in [4.69, 9.17) is 0 Å². The van der Waals surface area contributed by atoms with E-state index in [2.05, 4.69) is 12.0 Å². The van der Waals surface area contributed by atoms with Crippen molar-refractivity contribution < 1.29 is 0 Å². The summed E-state index contributed by atoms with van der Waals surface area (Å²) in [6.45, 7) is 2.12. The lowest BCUT2D eigenvalue weighted by atomic mass is 10.3. The maximum Gasteiger partial charge on any atom is 0.0521 e. The quantitative estimate of drug-likeness (QED) is 0.527. The molecule has 0 bridgehead atoms. The molecule has 0 aromatic carbocycles. The second-order valence-corrected chi connectivity index (χ2v) is 1.88. The van der Waals surface area contributed by atoms with Crippen molar-refractivity contribution in [1.29, 1.82) is 0 Å². The van der Waals surface area contributed by atoms with E-state index in [1.165, 1.54) is 5.56 Å². The van der Waals surface area contributed by atoms with Crippen LogP contribution in [0.3, 0.4) is 0 Å². The Kier molecular flexibility index (Phi) is 1.33. The summed E-state index contributed by atoms with van der Waals surface area (Å²) in [6.07, 6.45) is 4.99. The van der Waals surface area contributed by atoms with Gasteiger partial charge in [-0.05, 0) is 12.0 Å². The Hall–Kier alpha value is -0.790. The molecule has 0 radical (unpaired) electrons. The van der Waals surface area contributed by atoms with E-state index in [-0.39, 0.29) is 0 Å². The van der Waals surface area contributed by atoms with Crippen molar-refractivity contribution in [2.45, 2.75) is 13.3 Å². The molecule has 8 heavy (non-hydrogen) atoms. The maximum absolute atomic E-state index is 4.00. The number of aryl methyl sites for hydroxylation is 2. The number of nitrogens with zero attached hydrogens (tertiary/aromatic N) is 2. The fourth-order valence-corrected chi connectivity index (χ4v) is 0.654. The molecule has 1 aromatic heterocycles. The van der Waals surface area contributed by atoms with Crippen molar-refractivity contribution >= 4 is 0 Å². The number of hydrogen-bond donors (Lipinski definition) is 0. The van der Waals surface area contributed by atoms with E-state index >= 15 is 0 Å². The predicted octanol–water partition coefficient (Wildman–Crippen LogP) is 0.982. The Balaban J connectivity index is 2.84. The normalized spacial score (nSPS) is 9.75. The molecule has 2 heteroatoms. The lowest BCUT2D eigenvalue weighted by Crippen LogP contribution is -1.84. The van der Waals surface area contributed by atoms with Gasteiger partial charge in [0, 0.05) is 13.2 Å². The van der Waals surface area contributed by atoms with Crippen LogP contribution in [0.5, 0.6) is 0 Å². The molecule has 0 fully saturated rings. The summed E-state index contributed by atoms with van der Waals surface area (Å²) in [5.74, 6) is 0. The van der Waals surface area contributed by atoms with Crippen molar-refractivity contribution in [3.05, 3.63) is 18.0 Å². The maximum atomic E-state index is 4.00. The second-order valence-electron chi connectivity index (χ2n) is 1.88. The Morgan fingerprint density at radius 1 is 1.75 bits per heavy atom. The molecular formula is C6H10N2. The molecule has 0 amide bonds. The highest BCUT2D eigenvalue weighted by atomic mass is 15.2. The van der Waals surface area contributed by atoms with Crippen molar-refractivity contribution in [3.63, 3.8) is 0 Å². The van der Waals surface area contributed by atoms with Crippen molar-refractivity contribution in [3.8, 4) is 0 Å². The van der Waals surface area contributed by atoms with Crippen LogP contribution < -0.4 is 0 Å². The van der Waals surface area contributed by atoms with Crippen LogP contribution >= 0.6 is 0 Å². The van der Waals surface area contributed by atoms with Gasteiger partial charge in [-0.2, -0.15) is 5.10 Å². The van der Waals surface area contributed by atoms with E-state index in [1.54, 1.807) is 0 Å². The van der Waals surface area contributed by atoms with Gasteiger partial charge in [0.25, 0.3) is 0 Å². The molecular weight excluding hydrogens is 100 g/mol. The minimum Gasteiger partial charge on any atom is -0.276 e. The minimum atomic E-state index is 1.08. The Labute approximate surface area is 49.1 Å². The zero-order valence-electron chi connectivity index (χ0n) is 5.26. The summed E-state index contributed by atoms with van der Waals surface area (Å²) < 4.78 is 1.82. The zero-order chi connectivity index (χ0) is 5.98. The van der Waals surface area contributed by atoms with Crippen LogP contribution in [0.25, 0.3) is 0 Å². The van der Waals surface area contributed by atoms with Crippen LogP contribution in [-0.4, -0.2) is 9.78 Å². The molecule has 0 saturated carbocycles. The smallest absolute Gasteiger partial charge is 0.0521 e. The molecule has 0 N–H and O–H groups in total. The third kappa shape index (κ3) is 0.886.